The van der Waals surface area contributed by atoms with Crippen LogP contribution < -0.4 is 16.0 Å². The molecular weight excluding hydrogens is 447 g/mol. The molecule has 1 unspecified atom stereocenters. The molecular formula is C18H37IN4O3. The molecule has 3 N–H and O–H groups in total. The lowest BCUT2D eigenvalue weighted by atomic mass is 9.93. The van der Waals surface area contributed by atoms with Crippen molar-refractivity contribution in [1.29, 1.82) is 0 Å². The summed E-state index contributed by atoms with van der Waals surface area (Å²) >= 11 is 0. The van der Waals surface area contributed by atoms with Gasteiger partial charge in [0.1, 0.15) is 5.60 Å². The van der Waals surface area contributed by atoms with Crippen molar-refractivity contribution >= 4 is 36.0 Å². The number of ether oxygens (including phenoxy) is 2. The maximum atomic E-state index is 12.2. The Balaban J connectivity index is 0.00000625. The summed E-state index contributed by atoms with van der Waals surface area (Å²) in [7, 11) is 1.74. The van der Waals surface area contributed by atoms with Crippen LogP contribution >= 0.6 is 24.0 Å². The number of hydrogen-bond acceptors (Lipinski definition) is 4. The molecule has 0 spiro atoms. The van der Waals surface area contributed by atoms with E-state index >= 15 is 0 Å². The van der Waals surface area contributed by atoms with Crippen LogP contribution in [0, 0.1) is 0 Å². The number of halogens is 1. The Morgan fingerprint density at radius 1 is 1.23 bits per heavy atom. The molecule has 0 aromatic rings. The molecule has 0 saturated carbocycles. The number of hydrogen-bond donors (Lipinski definition) is 3. The van der Waals surface area contributed by atoms with E-state index in [0.29, 0.717) is 12.5 Å². The van der Waals surface area contributed by atoms with E-state index in [1.54, 1.807) is 7.05 Å². The van der Waals surface area contributed by atoms with Gasteiger partial charge in [0.15, 0.2) is 5.96 Å². The molecule has 7 nitrogen and oxygen atoms in total. The van der Waals surface area contributed by atoms with E-state index in [0.717, 1.165) is 38.8 Å². The second-order valence-electron chi connectivity index (χ2n) is 7.56. The van der Waals surface area contributed by atoms with Crippen LogP contribution in [-0.4, -0.2) is 56.0 Å². The van der Waals surface area contributed by atoms with E-state index in [1.165, 1.54) is 0 Å². The molecule has 0 aliphatic carbocycles. The van der Waals surface area contributed by atoms with Gasteiger partial charge in [0.2, 0.25) is 0 Å². The fourth-order valence-corrected chi connectivity index (χ4v) is 2.73. The van der Waals surface area contributed by atoms with Gasteiger partial charge in [0.05, 0.1) is 11.6 Å². The number of nitrogens with one attached hydrogen (secondary N) is 3. The highest BCUT2D eigenvalue weighted by atomic mass is 127. The van der Waals surface area contributed by atoms with Crippen molar-refractivity contribution in [3.63, 3.8) is 0 Å². The number of alkyl carbamates (subject to hydrolysis) is 1. The maximum Gasteiger partial charge on any atom is 0.408 e. The molecule has 0 aromatic heterocycles. The van der Waals surface area contributed by atoms with Gasteiger partial charge < -0.3 is 25.4 Å². The third kappa shape index (κ3) is 9.25. The van der Waals surface area contributed by atoms with E-state index in [-0.39, 0.29) is 41.7 Å². The van der Waals surface area contributed by atoms with E-state index in [1.807, 2.05) is 20.8 Å². The molecule has 0 radical (unpaired) electrons. The fraction of sp³-hybridized carbons (Fsp3) is 0.889. The van der Waals surface area contributed by atoms with Gasteiger partial charge in [-0.15, -0.1) is 24.0 Å². The molecule has 1 aliphatic heterocycles. The van der Waals surface area contributed by atoms with Crippen molar-refractivity contribution in [3.8, 4) is 0 Å². The summed E-state index contributed by atoms with van der Waals surface area (Å²) in [6, 6.07) is 0. The topological polar surface area (TPSA) is 84.0 Å². The normalized spacial score (nSPS) is 18.1. The SMILES string of the molecule is CCC(CC)(CNC(=NC)NCC1CCCO1)NC(=O)OC(C)(C)C.I. The Labute approximate surface area is 175 Å². The highest BCUT2D eigenvalue weighted by molar-refractivity contribution is 14.0. The first-order valence-corrected chi connectivity index (χ1v) is 9.31. The molecule has 1 aliphatic rings. The van der Waals surface area contributed by atoms with Crippen LogP contribution in [0.15, 0.2) is 4.99 Å². The second-order valence-corrected chi connectivity index (χ2v) is 7.56. The summed E-state index contributed by atoms with van der Waals surface area (Å²) < 4.78 is 11.0. The van der Waals surface area contributed by atoms with Crippen LogP contribution in [0.25, 0.3) is 0 Å². The molecule has 1 saturated heterocycles. The summed E-state index contributed by atoms with van der Waals surface area (Å²) in [6.45, 7) is 11.9. The Morgan fingerprint density at radius 2 is 1.88 bits per heavy atom. The van der Waals surface area contributed by atoms with Crippen LogP contribution in [0.5, 0.6) is 0 Å². The molecule has 0 bridgehead atoms. The van der Waals surface area contributed by atoms with Crippen LogP contribution in [0.3, 0.4) is 0 Å². The summed E-state index contributed by atoms with van der Waals surface area (Å²) in [6.07, 6.45) is 3.64. The number of amides is 1. The lowest BCUT2D eigenvalue weighted by Crippen LogP contribution is -2.57. The van der Waals surface area contributed by atoms with Gasteiger partial charge >= 0.3 is 6.09 Å². The van der Waals surface area contributed by atoms with E-state index in [2.05, 4.69) is 34.8 Å². The van der Waals surface area contributed by atoms with Crippen LogP contribution in [0.2, 0.25) is 0 Å². The van der Waals surface area contributed by atoms with Gasteiger partial charge in [-0.2, -0.15) is 0 Å². The Kier molecular flexibility index (Phi) is 11.5. The number of nitrogens with zero attached hydrogens (tertiary/aromatic N) is 1. The Morgan fingerprint density at radius 3 is 2.35 bits per heavy atom. The van der Waals surface area contributed by atoms with Crippen molar-refractivity contribution in [3.05, 3.63) is 0 Å². The lowest BCUT2D eigenvalue weighted by molar-refractivity contribution is 0.0448. The molecule has 154 valence electrons. The molecule has 26 heavy (non-hydrogen) atoms. The first-order valence-electron chi connectivity index (χ1n) is 9.31. The minimum absolute atomic E-state index is 0. The minimum Gasteiger partial charge on any atom is -0.444 e. The van der Waals surface area contributed by atoms with E-state index in [4.69, 9.17) is 9.47 Å². The van der Waals surface area contributed by atoms with E-state index in [9.17, 15) is 4.79 Å². The summed E-state index contributed by atoms with van der Waals surface area (Å²) in [5.41, 5.74) is -0.895. The zero-order valence-corrected chi connectivity index (χ0v) is 19.4. The number of aliphatic imine (C=N–C) groups is 1. The first-order chi connectivity index (χ1) is 11.7. The smallest absolute Gasteiger partial charge is 0.408 e. The average molecular weight is 484 g/mol. The Hall–Kier alpha value is -0.770. The molecule has 0 aromatic carbocycles. The predicted octanol–water partition coefficient (Wildman–Crippen LogP) is 3.03. The highest BCUT2D eigenvalue weighted by Gasteiger charge is 2.30. The largest absolute Gasteiger partial charge is 0.444 e. The molecule has 8 heteroatoms. The third-order valence-electron chi connectivity index (χ3n) is 4.46. The van der Waals surface area contributed by atoms with E-state index < -0.39 is 5.60 Å². The zero-order valence-electron chi connectivity index (χ0n) is 17.1. The fourth-order valence-electron chi connectivity index (χ4n) is 2.73. The first kappa shape index (κ1) is 25.2. The lowest BCUT2D eigenvalue weighted by Gasteiger charge is -2.34. The number of rotatable bonds is 7. The second kappa shape index (κ2) is 11.8. The third-order valence-corrected chi connectivity index (χ3v) is 4.46. The van der Waals surface area contributed by atoms with Crippen LogP contribution in [0.4, 0.5) is 4.79 Å². The monoisotopic (exact) mass is 484 g/mol. The molecule has 1 heterocycles. The predicted molar refractivity (Wildman–Crippen MR) is 116 cm³/mol. The van der Waals surface area contributed by atoms with Gasteiger partial charge in [-0.1, -0.05) is 13.8 Å². The zero-order chi connectivity index (χ0) is 18.9. The van der Waals surface area contributed by atoms with Crippen LogP contribution in [0.1, 0.15) is 60.3 Å². The molecule has 1 amide bonds. The van der Waals surface area contributed by atoms with Gasteiger partial charge in [-0.3, -0.25) is 4.99 Å². The van der Waals surface area contributed by atoms with Crippen LogP contribution in [-0.2, 0) is 9.47 Å². The van der Waals surface area contributed by atoms with Gasteiger partial charge in [0, 0.05) is 26.7 Å². The quantitative estimate of drug-likeness (QED) is 0.294. The minimum atomic E-state index is -0.510. The standard InChI is InChI=1S/C18H36N4O3.HI/c1-7-18(8-2,22-16(23)25-17(3,4)5)13-21-15(19-6)20-12-14-10-9-11-24-14;/h14H,7-13H2,1-6H3,(H,22,23)(H2,19,20,21);1H. The van der Waals surface area contributed by atoms with Crippen molar-refractivity contribution in [2.24, 2.45) is 4.99 Å². The van der Waals surface area contributed by atoms with Crippen molar-refractivity contribution in [2.45, 2.75) is 77.5 Å². The molecule has 1 fully saturated rings. The van der Waals surface area contributed by atoms with Crippen molar-refractivity contribution in [1.82, 2.24) is 16.0 Å². The molecule has 1 rings (SSSR count). The Bertz CT molecular complexity index is 442. The molecule has 1 atom stereocenters. The number of carbonyl (C=O) groups is 1. The van der Waals surface area contributed by atoms with Gasteiger partial charge in [-0.05, 0) is 46.5 Å². The van der Waals surface area contributed by atoms with Gasteiger partial charge in [-0.25, -0.2) is 4.79 Å². The average Bonchev–Trinajstić information content (AvgIpc) is 3.05. The number of carbonyl (C=O) groups excluding carboxylic acids is 1. The van der Waals surface area contributed by atoms with Gasteiger partial charge in [0.25, 0.3) is 0 Å². The maximum absolute atomic E-state index is 12.2. The highest BCUT2D eigenvalue weighted by Crippen LogP contribution is 2.16. The number of guanidine groups is 1. The van der Waals surface area contributed by atoms with Crippen molar-refractivity contribution < 1.29 is 14.3 Å². The summed E-state index contributed by atoms with van der Waals surface area (Å²) in [4.78, 5) is 16.4. The summed E-state index contributed by atoms with van der Waals surface area (Å²) in [5.74, 6) is 0.716. The van der Waals surface area contributed by atoms with Crippen molar-refractivity contribution in [2.75, 3.05) is 26.7 Å². The summed E-state index contributed by atoms with van der Waals surface area (Å²) in [5, 5.41) is 9.64.